The molecule has 2 amide bonds. The van der Waals surface area contributed by atoms with Crippen LogP contribution in [0.1, 0.15) is 18.7 Å². The largest absolute Gasteiger partial charge is 0.324 e. The molecule has 160 valence electrons. The van der Waals surface area contributed by atoms with Crippen LogP contribution in [0.5, 0.6) is 0 Å². The number of pyridine rings is 1. The van der Waals surface area contributed by atoms with E-state index < -0.39 is 0 Å². The van der Waals surface area contributed by atoms with Crippen LogP contribution in [0.2, 0.25) is 0 Å². The quantitative estimate of drug-likeness (QED) is 0.436. The second-order valence-electron chi connectivity index (χ2n) is 6.17. The van der Waals surface area contributed by atoms with Crippen LogP contribution in [0.4, 0.5) is 5.69 Å². The van der Waals surface area contributed by atoms with E-state index in [1.54, 1.807) is 12.1 Å². The van der Waals surface area contributed by atoms with Gasteiger partial charge in [0.2, 0.25) is 23.5 Å². The first-order chi connectivity index (χ1) is 15.1. The number of nitrogens with zero attached hydrogens (tertiary/aromatic N) is 6. The van der Waals surface area contributed by atoms with Gasteiger partial charge in [-0.3, -0.25) is 19.6 Å². The standard InChI is InChI=1S/C18H19ClN10O2/c19-23-10-16(31)25-12-5-6-14(22-9-12)18-28-26-17(27-29-18)13-4-2-1-3-11(8-21-13)24-15(30)7-20/h3-6,8-9,23H,1-2,7,10,20H2,(H,24,30)(H,25,31)/b11-3?,13-4+,21-8?. The van der Waals surface area contributed by atoms with E-state index in [0.29, 0.717) is 35.6 Å². The number of nitrogens with two attached hydrogens (primary N) is 1. The molecule has 0 saturated heterocycles. The molecule has 3 heterocycles. The second-order valence-corrected chi connectivity index (χ2v) is 6.44. The summed E-state index contributed by atoms with van der Waals surface area (Å²) >= 11 is 5.29. The number of aromatic nitrogens is 5. The first kappa shape index (κ1) is 22.1. The van der Waals surface area contributed by atoms with Gasteiger partial charge in [-0.15, -0.1) is 20.4 Å². The number of rotatable bonds is 7. The Kier molecular flexibility index (Phi) is 7.81. The molecule has 0 unspecified atom stereocenters. The molecule has 12 nitrogen and oxygen atoms in total. The predicted molar refractivity (Wildman–Crippen MR) is 114 cm³/mol. The van der Waals surface area contributed by atoms with E-state index in [2.05, 4.69) is 45.8 Å². The number of halogens is 1. The van der Waals surface area contributed by atoms with Gasteiger partial charge in [0.25, 0.3) is 0 Å². The smallest absolute Gasteiger partial charge is 0.239 e. The normalized spacial score (nSPS) is 15.2. The number of amides is 2. The van der Waals surface area contributed by atoms with Crippen LogP contribution < -0.4 is 21.2 Å². The number of hydrogen-bond acceptors (Lipinski definition) is 10. The zero-order valence-corrected chi connectivity index (χ0v) is 17.0. The summed E-state index contributed by atoms with van der Waals surface area (Å²) in [5.41, 5.74) is 7.29. The van der Waals surface area contributed by atoms with Gasteiger partial charge in [0.05, 0.1) is 36.9 Å². The minimum absolute atomic E-state index is 0.0310. The van der Waals surface area contributed by atoms with Gasteiger partial charge in [-0.25, -0.2) is 4.84 Å². The fraction of sp³-hybridized carbons (Fsp3) is 0.222. The monoisotopic (exact) mass is 442 g/mol. The van der Waals surface area contributed by atoms with Gasteiger partial charge in [0, 0.05) is 0 Å². The highest BCUT2D eigenvalue weighted by atomic mass is 35.5. The summed E-state index contributed by atoms with van der Waals surface area (Å²) in [6.07, 6.45) is 8.05. The Balaban J connectivity index is 1.69. The Bertz CT molecular complexity index is 1020. The molecular weight excluding hydrogens is 424 g/mol. The molecular formula is C18H19ClN10O2. The van der Waals surface area contributed by atoms with Gasteiger partial charge in [-0.1, -0.05) is 12.2 Å². The summed E-state index contributed by atoms with van der Waals surface area (Å²) in [6.45, 7) is -0.144. The Hall–Kier alpha value is -3.61. The third kappa shape index (κ3) is 6.44. The fourth-order valence-electron chi connectivity index (χ4n) is 2.45. The first-order valence-corrected chi connectivity index (χ1v) is 9.58. The molecule has 13 heteroatoms. The van der Waals surface area contributed by atoms with Crippen LogP contribution in [-0.4, -0.2) is 56.5 Å². The van der Waals surface area contributed by atoms with Crippen molar-refractivity contribution in [1.82, 2.24) is 35.5 Å². The van der Waals surface area contributed by atoms with Crippen LogP contribution in [0.3, 0.4) is 0 Å². The maximum Gasteiger partial charge on any atom is 0.239 e. The SMILES string of the molecule is NCC(=O)NC1=CCC/C=C(\c2nnc(-c3ccc(NC(=O)CNCl)cn3)nn2)N=C1. The number of aliphatic imine (C=N–C) groups is 1. The average molecular weight is 443 g/mol. The maximum absolute atomic E-state index is 11.5. The topological polar surface area (TPSA) is 173 Å². The molecule has 1 aliphatic heterocycles. The van der Waals surface area contributed by atoms with Crippen molar-refractivity contribution in [3.05, 3.63) is 42.0 Å². The van der Waals surface area contributed by atoms with Crippen LogP contribution in [-0.2, 0) is 9.59 Å². The predicted octanol–water partition coefficient (Wildman–Crippen LogP) is 0.175. The van der Waals surface area contributed by atoms with E-state index in [1.165, 1.54) is 12.4 Å². The molecule has 0 spiro atoms. The molecule has 0 radical (unpaired) electrons. The van der Waals surface area contributed by atoms with E-state index in [0.717, 1.165) is 0 Å². The second kappa shape index (κ2) is 11.0. The third-order valence-corrected chi connectivity index (χ3v) is 4.03. The Morgan fingerprint density at radius 1 is 1.00 bits per heavy atom. The van der Waals surface area contributed by atoms with Crippen LogP contribution in [0.25, 0.3) is 17.2 Å². The summed E-state index contributed by atoms with van der Waals surface area (Å²) in [6, 6.07) is 3.28. The lowest BCUT2D eigenvalue weighted by Crippen LogP contribution is -2.30. The summed E-state index contributed by atoms with van der Waals surface area (Å²) in [4.78, 5) is 33.7. The highest BCUT2D eigenvalue weighted by Gasteiger charge is 2.11. The van der Waals surface area contributed by atoms with E-state index in [1.807, 2.05) is 12.2 Å². The lowest BCUT2D eigenvalue weighted by Gasteiger charge is -2.07. The molecule has 31 heavy (non-hydrogen) atoms. The molecule has 1 aliphatic rings. The average Bonchev–Trinajstić information content (AvgIpc) is 2.77. The summed E-state index contributed by atoms with van der Waals surface area (Å²) in [5.74, 6) is -0.150. The van der Waals surface area contributed by atoms with E-state index in [-0.39, 0.29) is 36.6 Å². The number of nitrogens with one attached hydrogen (secondary N) is 3. The molecule has 0 atom stereocenters. The number of anilines is 1. The van der Waals surface area contributed by atoms with Gasteiger partial charge in [-0.05, 0) is 36.8 Å². The van der Waals surface area contributed by atoms with Crippen molar-refractivity contribution in [1.29, 1.82) is 0 Å². The van der Waals surface area contributed by atoms with Gasteiger partial charge in [-0.2, -0.15) is 0 Å². The minimum Gasteiger partial charge on any atom is -0.324 e. The lowest BCUT2D eigenvalue weighted by atomic mass is 10.2. The Labute approximate surface area is 182 Å². The van der Waals surface area contributed by atoms with Crippen LogP contribution >= 0.6 is 11.8 Å². The Morgan fingerprint density at radius 2 is 1.74 bits per heavy atom. The number of allylic oxidation sites excluding steroid dienone is 3. The first-order valence-electron chi connectivity index (χ1n) is 9.21. The van der Waals surface area contributed by atoms with Crippen molar-refractivity contribution in [3.63, 3.8) is 0 Å². The van der Waals surface area contributed by atoms with E-state index >= 15 is 0 Å². The van der Waals surface area contributed by atoms with Crippen molar-refractivity contribution < 1.29 is 9.59 Å². The molecule has 0 fully saturated rings. The van der Waals surface area contributed by atoms with Crippen molar-refractivity contribution >= 4 is 41.2 Å². The summed E-state index contributed by atoms with van der Waals surface area (Å²) in [7, 11) is 0. The van der Waals surface area contributed by atoms with E-state index in [9.17, 15) is 9.59 Å². The molecule has 3 rings (SSSR count). The number of carbonyl (C=O) groups excluding carboxylic acids is 2. The lowest BCUT2D eigenvalue weighted by molar-refractivity contribution is -0.119. The zero-order chi connectivity index (χ0) is 22.1. The molecule has 2 aromatic rings. The third-order valence-electron chi connectivity index (χ3n) is 3.89. The fourth-order valence-corrected chi connectivity index (χ4v) is 2.57. The van der Waals surface area contributed by atoms with Gasteiger partial charge < -0.3 is 16.4 Å². The maximum atomic E-state index is 11.5. The minimum atomic E-state index is -0.304. The van der Waals surface area contributed by atoms with Gasteiger partial charge in [0.15, 0.2) is 0 Å². The van der Waals surface area contributed by atoms with E-state index in [4.69, 9.17) is 17.5 Å². The van der Waals surface area contributed by atoms with Crippen molar-refractivity contribution in [2.24, 2.45) is 10.7 Å². The van der Waals surface area contributed by atoms with Crippen molar-refractivity contribution in [2.45, 2.75) is 12.8 Å². The molecule has 0 aromatic carbocycles. The van der Waals surface area contributed by atoms with Crippen molar-refractivity contribution in [2.75, 3.05) is 18.4 Å². The highest BCUT2D eigenvalue weighted by Crippen LogP contribution is 2.17. The molecule has 2 aromatic heterocycles. The number of carbonyl (C=O) groups is 2. The van der Waals surface area contributed by atoms with Gasteiger partial charge >= 0.3 is 0 Å². The Morgan fingerprint density at radius 3 is 2.42 bits per heavy atom. The molecule has 0 bridgehead atoms. The van der Waals surface area contributed by atoms with Crippen molar-refractivity contribution in [3.8, 4) is 11.5 Å². The van der Waals surface area contributed by atoms with Crippen LogP contribution in [0.15, 0.2) is 41.2 Å². The van der Waals surface area contributed by atoms with Gasteiger partial charge in [0.1, 0.15) is 11.4 Å². The summed E-state index contributed by atoms with van der Waals surface area (Å²) < 4.78 is 0. The number of hydrogen-bond donors (Lipinski definition) is 4. The summed E-state index contributed by atoms with van der Waals surface area (Å²) in [5, 5.41) is 21.6. The molecule has 0 saturated carbocycles. The zero-order valence-electron chi connectivity index (χ0n) is 16.2. The highest BCUT2D eigenvalue weighted by molar-refractivity contribution is 6.15. The molecule has 0 aliphatic carbocycles. The molecule has 5 N–H and O–H groups in total. The van der Waals surface area contributed by atoms with Crippen LogP contribution in [0, 0.1) is 0 Å².